The van der Waals surface area contributed by atoms with E-state index < -0.39 is 10.2 Å². The molecule has 0 atom stereocenters. The highest BCUT2D eigenvalue weighted by Crippen LogP contribution is 2.19. The van der Waals surface area contributed by atoms with E-state index in [1.807, 2.05) is 19.9 Å². The lowest BCUT2D eigenvalue weighted by Gasteiger charge is -2.09. The van der Waals surface area contributed by atoms with Crippen molar-refractivity contribution in [3.8, 4) is 0 Å². The Hall–Kier alpha value is -0.590. The van der Waals surface area contributed by atoms with Gasteiger partial charge in [-0.1, -0.05) is 22.9 Å². The number of anilines is 1. The van der Waals surface area contributed by atoms with Crippen molar-refractivity contribution in [1.29, 1.82) is 0 Å². The summed E-state index contributed by atoms with van der Waals surface area (Å²) in [4.78, 5) is 0. The molecule has 90 valence electrons. The van der Waals surface area contributed by atoms with Crippen LogP contribution in [0.2, 0.25) is 0 Å². The quantitative estimate of drug-likeness (QED) is 0.877. The Morgan fingerprint density at radius 1 is 1.31 bits per heavy atom. The van der Waals surface area contributed by atoms with Gasteiger partial charge in [-0.2, -0.15) is 13.1 Å². The van der Waals surface area contributed by atoms with E-state index in [0.717, 1.165) is 16.5 Å². The third kappa shape index (κ3) is 4.51. The molecule has 2 N–H and O–H groups in total. The Kier molecular flexibility index (Phi) is 4.76. The normalized spacial score (nSPS) is 11.4. The molecule has 0 fully saturated rings. The van der Waals surface area contributed by atoms with Crippen LogP contribution in [0.4, 0.5) is 5.69 Å². The van der Waals surface area contributed by atoms with Crippen LogP contribution in [0.1, 0.15) is 18.9 Å². The van der Waals surface area contributed by atoms with Crippen LogP contribution >= 0.6 is 15.9 Å². The lowest BCUT2D eigenvalue weighted by molar-refractivity contribution is 0.586. The molecule has 0 heterocycles. The van der Waals surface area contributed by atoms with Gasteiger partial charge in [0.25, 0.3) is 10.2 Å². The number of hydrogen-bond donors (Lipinski definition) is 2. The minimum atomic E-state index is -3.45. The van der Waals surface area contributed by atoms with Gasteiger partial charge in [-0.25, -0.2) is 0 Å². The zero-order valence-electron chi connectivity index (χ0n) is 9.25. The fourth-order valence-electron chi connectivity index (χ4n) is 1.22. The summed E-state index contributed by atoms with van der Waals surface area (Å²) < 4.78 is 28.8. The first-order valence-electron chi connectivity index (χ1n) is 4.97. The van der Waals surface area contributed by atoms with Crippen LogP contribution in [-0.4, -0.2) is 15.0 Å². The van der Waals surface area contributed by atoms with Crippen molar-refractivity contribution >= 4 is 31.8 Å². The Balaban J connectivity index is 2.80. The van der Waals surface area contributed by atoms with E-state index in [2.05, 4.69) is 25.4 Å². The zero-order chi connectivity index (χ0) is 12.2. The topological polar surface area (TPSA) is 58.2 Å². The minimum Gasteiger partial charge on any atom is -0.271 e. The predicted molar refractivity (Wildman–Crippen MR) is 69.7 cm³/mol. The van der Waals surface area contributed by atoms with Crippen LogP contribution in [0.5, 0.6) is 0 Å². The molecule has 1 rings (SSSR count). The van der Waals surface area contributed by atoms with Gasteiger partial charge in [0.2, 0.25) is 0 Å². The van der Waals surface area contributed by atoms with Crippen molar-refractivity contribution < 1.29 is 8.42 Å². The van der Waals surface area contributed by atoms with E-state index in [0.29, 0.717) is 12.2 Å². The van der Waals surface area contributed by atoms with Gasteiger partial charge < -0.3 is 0 Å². The monoisotopic (exact) mass is 306 g/mol. The van der Waals surface area contributed by atoms with Crippen LogP contribution in [0.3, 0.4) is 0 Å². The lowest BCUT2D eigenvalue weighted by Crippen LogP contribution is -2.30. The maximum absolute atomic E-state index is 11.5. The molecule has 0 aliphatic carbocycles. The fraction of sp³-hybridized carbons (Fsp3) is 0.400. The molecule has 0 aliphatic rings. The third-order valence-electron chi connectivity index (χ3n) is 1.84. The van der Waals surface area contributed by atoms with E-state index in [4.69, 9.17) is 0 Å². The summed E-state index contributed by atoms with van der Waals surface area (Å²) in [6.07, 6.45) is 0.762. The number of hydrogen-bond acceptors (Lipinski definition) is 2. The summed E-state index contributed by atoms with van der Waals surface area (Å²) in [5, 5.41) is 0. The van der Waals surface area contributed by atoms with Gasteiger partial charge in [-0.3, -0.25) is 4.72 Å². The lowest BCUT2D eigenvalue weighted by atomic mass is 10.2. The van der Waals surface area contributed by atoms with Gasteiger partial charge in [0.15, 0.2) is 0 Å². The second-order valence-electron chi connectivity index (χ2n) is 3.52. The molecular formula is C10H15BrN2O2S. The molecule has 16 heavy (non-hydrogen) atoms. The maximum atomic E-state index is 11.5. The third-order valence-corrected chi connectivity index (χ3v) is 3.38. The first-order chi connectivity index (χ1) is 7.43. The molecule has 0 aromatic heterocycles. The average Bonchev–Trinajstić information content (AvgIpc) is 2.12. The predicted octanol–water partition coefficient (Wildman–Crippen LogP) is 2.41. The number of halogens is 1. The highest BCUT2D eigenvalue weighted by Gasteiger charge is 2.08. The van der Waals surface area contributed by atoms with Crippen LogP contribution in [0, 0.1) is 6.92 Å². The van der Waals surface area contributed by atoms with Crippen LogP contribution < -0.4 is 9.44 Å². The van der Waals surface area contributed by atoms with Crippen molar-refractivity contribution in [1.82, 2.24) is 4.72 Å². The summed E-state index contributed by atoms with van der Waals surface area (Å²) in [6, 6.07) is 5.41. The molecule has 0 saturated heterocycles. The molecule has 1 aromatic rings. The Labute approximate surface area is 105 Å². The maximum Gasteiger partial charge on any atom is 0.299 e. The number of benzene rings is 1. The van der Waals surface area contributed by atoms with Gasteiger partial charge in [0.1, 0.15) is 0 Å². The van der Waals surface area contributed by atoms with Crippen molar-refractivity contribution in [2.75, 3.05) is 11.3 Å². The molecule has 4 nitrogen and oxygen atoms in total. The molecule has 0 unspecified atom stereocenters. The zero-order valence-corrected chi connectivity index (χ0v) is 11.7. The first-order valence-corrected chi connectivity index (χ1v) is 7.25. The van der Waals surface area contributed by atoms with Crippen LogP contribution in [-0.2, 0) is 10.2 Å². The SMILES string of the molecule is CCCNS(=O)(=O)Nc1cc(C)cc(Br)c1. The summed E-state index contributed by atoms with van der Waals surface area (Å²) in [6.45, 7) is 4.25. The summed E-state index contributed by atoms with van der Waals surface area (Å²) in [5.41, 5.74) is 1.54. The van der Waals surface area contributed by atoms with Gasteiger partial charge in [-0.15, -0.1) is 0 Å². The van der Waals surface area contributed by atoms with Crippen LogP contribution in [0.25, 0.3) is 0 Å². The minimum absolute atomic E-state index is 0.433. The Morgan fingerprint density at radius 2 is 2.00 bits per heavy atom. The Bertz CT molecular complexity index is 440. The molecule has 0 aliphatic heterocycles. The van der Waals surface area contributed by atoms with Crippen LogP contribution in [0.15, 0.2) is 22.7 Å². The summed E-state index contributed by atoms with van der Waals surface area (Å²) >= 11 is 3.32. The van der Waals surface area contributed by atoms with Crippen molar-refractivity contribution in [2.24, 2.45) is 0 Å². The molecule has 0 radical (unpaired) electrons. The average molecular weight is 307 g/mol. The van der Waals surface area contributed by atoms with E-state index in [1.165, 1.54) is 0 Å². The number of nitrogens with one attached hydrogen (secondary N) is 2. The Morgan fingerprint density at radius 3 is 2.56 bits per heavy atom. The van der Waals surface area contributed by atoms with E-state index >= 15 is 0 Å². The smallest absolute Gasteiger partial charge is 0.271 e. The molecule has 1 aromatic carbocycles. The van der Waals surface area contributed by atoms with Gasteiger partial charge in [-0.05, 0) is 37.1 Å². The molecule has 0 bridgehead atoms. The highest BCUT2D eigenvalue weighted by molar-refractivity contribution is 9.10. The van der Waals surface area contributed by atoms with Gasteiger partial charge in [0, 0.05) is 11.0 Å². The van der Waals surface area contributed by atoms with E-state index in [9.17, 15) is 8.42 Å². The van der Waals surface area contributed by atoms with Crippen molar-refractivity contribution in [3.05, 3.63) is 28.2 Å². The van der Waals surface area contributed by atoms with Crippen molar-refractivity contribution in [2.45, 2.75) is 20.3 Å². The summed E-state index contributed by atoms with van der Waals surface area (Å²) in [5.74, 6) is 0. The first kappa shape index (κ1) is 13.5. The summed E-state index contributed by atoms with van der Waals surface area (Å²) in [7, 11) is -3.45. The standard InChI is InChI=1S/C10H15BrN2O2S/c1-3-4-12-16(14,15)13-10-6-8(2)5-9(11)7-10/h5-7,12-13H,3-4H2,1-2H3. The molecular weight excluding hydrogens is 292 g/mol. The van der Waals surface area contributed by atoms with E-state index in [1.54, 1.807) is 12.1 Å². The molecule has 0 amide bonds. The second-order valence-corrected chi connectivity index (χ2v) is 5.93. The molecule has 0 saturated carbocycles. The number of rotatable bonds is 5. The fourth-order valence-corrected chi connectivity index (χ4v) is 2.80. The van der Waals surface area contributed by atoms with Crippen molar-refractivity contribution in [3.63, 3.8) is 0 Å². The number of aryl methyl sites for hydroxylation is 1. The van der Waals surface area contributed by atoms with Gasteiger partial charge in [0.05, 0.1) is 5.69 Å². The molecule has 0 spiro atoms. The van der Waals surface area contributed by atoms with Gasteiger partial charge >= 0.3 is 0 Å². The highest BCUT2D eigenvalue weighted by atomic mass is 79.9. The largest absolute Gasteiger partial charge is 0.299 e. The van der Waals surface area contributed by atoms with E-state index in [-0.39, 0.29) is 0 Å². The second kappa shape index (κ2) is 5.65. The molecule has 6 heteroatoms.